The second kappa shape index (κ2) is 7.62. The fraction of sp³-hybridized carbons (Fsp3) is 0.412. The molecule has 112 valence electrons. The number of methoxy groups -OCH3 is 1. The third-order valence-corrected chi connectivity index (χ3v) is 3.78. The van der Waals surface area contributed by atoms with Gasteiger partial charge in [-0.1, -0.05) is 49.6 Å². The average Bonchev–Trinajstić information content (AvgIpc) is 2.55. The van der Waals surface area contributed by atoms with Gasteiger partial charge < -0.3 is 10.1 Å². The maximum absolute atomic E-state index is 12.3. The predicted molar refractivity (Wildman–Crippen MR) is 81.2 cm³/mol. The number of carbonyl (C=O) groups is 2. The highest BCUT2D eigenvalue weighted by atomic mass is 16.5. The number of hydrogen-bond donors (Lipinski definition) is 1. The molecule has 1 aliphatic rings. The van der Waals surface area contributed by atoms with Crippen molar-refractivity contribution in [3.63, 3.8) is 0 Å². The first-order valence-corrected chi connectivity index (χ1v) is 7.36. The summed E-state index contributed by atoms with van der Waals surface area (Å²) in [5.41, 5.74) is 1.30. The quantitative estimate of drug-likeness (QED) is 0.684. The largest absolute Gasteiger partial charge is 0.466 e. The lowest BCUT2D eigenvalue weighted by Crippen LogP contribution is -2.31. The smallest absolute Gasteiger partial charge is 0.332 e. The van der Waals surface area contributed by atoms with E-state index in [1.54, 1.807) is 0 Å². The number of rotatable bonds is 4. The van der Waals surface area contributed by atoms with E-state index in [2.05, 4.69) is 10.1 Å². The topological polar surface area (TPSA) is 55.4 Å². The molecule has 0 aromatic heterocycles. The fourth-order valence-corrected chi connectivity index (χ4v) is 2.59. The summed E-state index contributed by atoms with van der Waals surface area (Å²) in [7, 11) is 1.32. The Labute approximate surface area is 125 Å². The molecule has 0 spiro atoms. The first-order chi connectivity index (χ1) is 10.2. The van der Waals surface area contributed by atoms with Crippen molar-refractivity contribution in [2.24, 2.45) is 5.92 Å². The van der Waals surface area contributed by atoms with Crippen LogP contribution >= 0.6 is 0 Å². The molecule has 1 saturated carbocycles. The Kier molecular flexibility index (Phi) is 5.55. The molecule has 4 nitrogen and oxygen atoms in total. The molecule has 4 heteroatoms. The number of hydrogen-bond acceptors (Lipinski definition) is 3. The SMILES string of the molecule is COC(=O)/C=C(\NC(=O)C1CCCCC1)c1ccccc1. The Balaban J connectivity index is 2.14. The Morgan fingerprint density at radius 3 is 2.43 bits per heavy atom. The summed E-state index contributed by atoms with van der Waals surface area (Å²) in [6, 6.07) is 9.34. The fourth-order valence-electron chi connectivity index (χ4n) is 2.59. The minimum Gasteiger partial charge on any atom is -0.466 e. The van der Waals surface area contributed by atoms with E-state index in [-0.39, 0.29) is 11.8 Å². The molecule has 1 aromatic carbocycles. The van der Waals surface area contributed by atoms with Crippen molar-refractivity contribution in [3.05, 3.63) is 42.0 Å². The summed E-state index contributed by atoms with van der Waals surface area (Å²) in [5.74, 6) is -0.435. The van der Waals surface area contributed by atoms with Crippen LogP contribution in [0, 0.1) is 5.92 Å². The maximum Gasteiger partial charge on any atom is 0.332 e. The van der Waals surface area contributed by atoms with E-state index >= 15 is 0 Å². The molecule has 0 aliphatic heterocycles. The Morgan fingerprint density at radius 2 is 1.81 bits per heavy atom. The van der Waals surface area contributed by atoms with Crippen LogP contribution in [0.3, 0.4) is 0 Å². The number of benzene rings is 1. The highest BCUT2D eigenvalue weighted by Crippen LogP contribution is 2.24. The van der Waals surface area contributed by atoms with Crippen LogP contribution in [0.5, 0.6) is 0 Å². The van der Waals surface area contributed by atoms with Crippen LogP contribution in [0.1, 0.15) is 37.7 Å². The van der Waals surface area contributed by atoms with Crippen molar-refractivity contribution < 1.29 is 14.3 Å². The molecule has 0 saturated heterocycles. The molecule has 0 atom stereocenters. The molecule has 0 unspecified atom stereocenters. The Hall–Kier alpha value is -2.10. The summed E-state index contributed by atoms with van der Waals surface area (Å²) < 4.78 is 4.66. The summed E-state index contributed by atoms with van der Waals surface area (Å²) in [6.07, 6.45) is 6.57. The Morgan fingerprint density at radius 1 is 1.14 bits per heavy atom. The first kappa shape index (κ1) is 15.3. The van der Waals surface area contributed by atoms with Gasteiger partial charge in [-0.15, -0.1) is 0 Å². The highest BCUT2D eigenvalue weighted by Gasteiger charge is 2.22. The molecular formula is C17H21NO3. The van der Waals surface area contributed by atoms with Crippen LogP contribution in [0.15, 0.2) is 36.4 Å². The summed E-state index contributed by atoms with van der Waals surface area (Å²) in [5, 5.41) is 2.89. The standard InChI is InChI=1S/C17H21NO3/c1-21-16(19)12-15(13-8-4-2-5-9-13)18-17(20)14-10-6-3-7-11-14/h2,4-5,8-9,12,14H,3,6-7,10-11H2,1H3,(H,18,20)/b15-12-. The average molecular weight is 287 g/mol. The molecule has 1 N–H and O–H groups in total. The second-order valence-electron chi connectivity index (χ2n) is 5.27. The molecule has 1 aromatic rings. The summed E-state index contributed by atoms with van der Waals surface area (Å²) >= 11 is 0. The number of ether oxygens (including phenoxy) is 1. The van der Waals surface area contributed by atoms with Gasteiger partial charge in [0.1, 0.15) is 0 Å². The summed E-state index contributed by atoms with van der Waals surface area (Å²) in [6.45, 7) is 0. The van der Waals surface area contributed by atoms with Crippen molar-refractivity contribution in [1.82, 2.24) is 5.32 Å². The van der Waals surface area contributed by atoms with E-state index in [0.29, 0.717) is 5.70 Å². The van der Waals surface area contributed by atoms with Gasteiger partial charge in [0.05, 0.1) is 12.8 Å². The van der Waals surface area contributed by atoms with Crippen molar-refractivity contribution in [1.29, 1.82) is 0 Å². The third-order valence-electron chi connectivity index (χ3n) is 3.78. The minimum absolute atomic E-state index is 0.00583. The Bertz CT molecular complexity index is 516. The number of nitrogens with one attached hydrogen (secondary N) is 1. The van der Waals surface area contributed by atoms with E-state index in [9.17, 15) is 9.59 Å². The van der Waals surface area contributed by atoms with Gasteiger partial charge in [0.25, 0.3) is 0 Å². The monoisotopic (exact) mass is 287 g/mol. The zero-order valence-corrected chi connectivity index (χ0v) is 12.3. The maximum atomic E-state index is 12.3. The number of amides is 1. The van der Waals surface area contributed by atoms with Crippen molar-refractivity contribution in [2.45, 2.75) is 32.1 Å². The van der Waals surface area contributed by atoms with Gasteiger partial charge in [0.15, 0.2) is 0 Å². The van der Waals surface area contributed by atoms with Gasteiger partial charge in [-0.05, 0) is 18.4 Å². The lowest BCUT2D eigenvalue weighted by atomic mass is 9.88. The zero-order valence-electron chi connectivity index (χ0n) is 12.3. The van der Waals surface area contributed by atoms with Gasteiger partial charge in [0.2, 0.25) is 5.91 Å². The van der Waals surface area contributed by atoms with Crippen LogP contribution in [-0.2, 0) is 14.3 Å². The molecule has 21 heavy (non-hydrogen) atoms. The summed E-state index contributed by atoms with van der Waals surface area (Å²) in [4.78, 5) is 23.9. The molecule has 0 bridgehead atoms. The number of carbonyl (C=O) groups excluding carboxylic acids is 2. The normalized spacial score (nSPS) is 16.3. The van der Waals surface area contributed by atoms with Gasteiger partial charge in [-0.3, -0.25) is 4.79 Å². The van der Waals surface area contributed by atoms with Crippen molar-refractivity contribution in [3.8, 4) is 0 Å². The molecule has 0 heterocycles. The van der Waals surface area contributed by atoms with E-state index < -0.39 is 5.97 Å². The molecule has 1 fully saturated rings. The van der Waals surface area contributed by atoms with E-state index in [1.807, 2.05) is 30.3 Å². The highest BCUT2D eigenvalue weighted by molar-refractivity contribution is 5.96. The van der Waals surface area contributed by atoms with E-state index in [1.165, 1.54) is 19.6 Å². The van der Waals surface area contributed by atoms with Gasteiger partial charge in [0, 0.05) is 12.0 Å². The van der Waals surface area contributed by atoms with Crippen molar-refractivity contribution >= 4 is 17.6 Å². The third kappa shape index (κ3) is 4.45. The van der Waals surface area contributed by atoms with E-state index in [0.717, 1.165) is 31.2 Å². The number of esters is 1. The molecule has 2 rings (SSSR count). The van der Waals surface area contributed by atoms with Gasteiger partial charge in [-0.2, -0.15) is 0 Å². The van der Waals surface area contributed by atoms with Crippen molar-refractivity contribution in [2.75, 3.05) is 7.11 Å². The van der Waals surface area contributed by atoms with Crippen LogP contribution < -0.4 is 5.32 Å². The lowest BCUT2D eigenvalue weighted by Gasteiger charge is -2.21. The second-order valence-corrected chi connectivity index (χ2v) is 5.27. The molecule has 1 amide bonds. The van der Waals surface area contributed by atoms with Crippen LogP contribution in [0.2, 0.25) is 0 Å². The van der Waals surface area contributed by atoms with Gasteiger partial charge in [-0.25, -0.2) is 4.79 Å². The first-order valence-electron chi connectivity index (χ1n) is 7.36. The minimum atomic E-state index is -0.474. The zero-order chi connectivity index (χ0) is 15.1. The molecular weight excluding hydrogens is 266 g/mol. The van der Waals surface area contributed by atoms with Crippen LogP contribution in [0.25, 0.3) is 5.70 Å². The van der Waals surface area contributed by atoms with Crippen LogP contribution in [-0.4, -0.2) is 19.0 Å². The van der Waals surface area contributed by atoms with Crippen LogP contribution in [0.4, 0.5) is 0 Å². The van der Waals surface area contributed by atoms with E-state index in [4.69, 9.17) is 0 Å². The predicted octanol–water partition coefficient (Wildman–Crippen LogP) is 2.90. The lowest BCUT2D eigenvalue weighted by molar-refractivity contribution is -0.134. The molecule has 0 radical (unpaired) electrons. The van der Waals surface area contributed by atoms with Gasteiger partial charge >= 0.3 is 5.97 Å². The molecule has 1 aliphatic carbocycles.